The third kappa shape index (κ3) is 5.09. The molecule has 0 radical (unpaired) electrons. The number of carbonyl (C=O) groups is 1. The second-order valence-electron chi connectivity index (χ2n) is 4.98. The van der Waals surface area contributed by atoms with E-state index in [2.05, 4.69) is 34.7 Å². The maximum Gasteiger partial charge on any atom is 0.360 e. The molecule has 0 unspecified atom stereocenters. The lowest BCUT2D eigenvalue weighted by molar-refractivity contribution is 0.0593. The molecule has 96 valence electrons. The Labute approximate surface area is 102 Å². The SMILES string of the molecule is COC(=O)c1cn(COCC[Si](C)(C)C)nn1. The first-order valence-electron chi connectivity index (χ1n) is 5.48. The predicted octanol–water partition coefficient (Wildman–Crippen LogP) is 1.38. The molecule has 17 heavy (non-hydrogen) atoms. The molecule has 0 fully saturated rings. The largest absolute Gasteiger partial charge is 0.464 e. The molecule has 1 aromatic rings. The zero-order valence-electron chi connectivity index (χ0n) is 10.8. The highest BCUT2D eigenvalue weighted by Crippen LogP contribution is 2.07. The van der Waals surface area contributed by atoms with Crippen LogP contribution in [0, 0.1) is 0 Å². The molecular formula is C10H19N3O3Si. The Kier molecular flexibility index (Phi) is 4.82. The topological polar surface area (TPSA) is 66.2 Å². The average Bonchev–Trinajstić information content (AvgIpc) is 2.70. The van der Waals surface area contributed by atoms with E-state index in [1.54, 1.807) is 0 Å². The fourth-order valence-corrected chi connectivity index (χ4v) is 1.85. The Morgan fingerprint density at radius 1 is 1.47 bits per heavy atom. The predicted molar refractivity (Wildman–Crippen MR) is 65.5 cm³/mol. The maximum absolute atomic E-state index is 11.1. The van der Waals surface area contributed by atoms with Crippen LogP contribution in [0.2, 0.25) is 25.7 Å². The van der Waals surface area contributed by atoms with Crippen molar-refractivity contribution in [2.45, 2.75) is 32.4 Å². The van der Waals surface area contributed by atoms with E-state index < -0.39 is 14.0 Å². The molecule has 0 N–H and O–H groups in total. The minimum atomic E-state index is -1.06. The van der Waals surface area contributed by atoms with Gasteiger partial charge in [-0.15, -0.1) is 5.10 Å². The molecule has 0 aliphatic heterocycles. The van der Waals surface area contributed by atoms with Crippen LogP contribution in [0.25, 0.3) is 0 Å². The smallest absolute Gasteiger partial charge is 0.360 e. The molecule has 0 saturated carbocycles. The molecule has 0 spiro atoms. The molecule has 0 atom stereocenters. The molecular weight excluding hydrogens is 238 g/mol. The van der Waals surface area contributed by atoms with Crippen LogP contribution in [0.1, 0.15) is 10.5 Å². The van der Waals surface area contributed by atoms with Gasteiger partial charge < -0.3 is 9.47 Å². The third-order valence-corrected chi connectivity index (χ3v) is 3.86. The van der Waals surface area contributed by atoms with E-state index in [9.17, 15) is 4.79 Å². The van der Waals surface area contributed by atoms with Gasteiger partial charge >= 0.3 is 5.97 Å². The van der Waals surface area contributed by atoms with Gasteiger partial charge in [0.05, 0.1) is 13.3 Å². The summed E-state index contributed by atoms with van der Waals surface area (Å²) in [5.41, 5.74) is 0.196. The molecule has 0 aliphatic carbocycles. The fourth-order valence-electron chi connectivity index (χ4n) is 1.10. The summed E-state index contributed by atoms with van der Waals surface area (Å²) in [6.45, 7) is 7.90. The number of ether oxygens (including phenoxy) is 2. The van der Waals surface area contributed by atoms with Crippen molar-refractivity contribution in [1.29, 1.82) is 0 Å². The van der Waals surface area contributed by atoms with Crippen LogP contribution in [0.4, 0.5) is 0 Å². The average molecular weight is 257 g/mol. The number of hydrogen-bond donors (Lipinski definition) is 0. The Hall–Kier alpha value is -1.21. The summed E-state index contributed by atoms with van der Waals surface area (Å²) in [6.07, 6.45) is 1.51. The molecule has 0 aliphatic rings. The number of esters is 1. The molecule has 6 nitrogen and oxygen atoms in total. The molecule has 1 rings (SSSR count). The Morgan fingerprint density at radius 3 is 2.76 bits per heavy atom. The van der Waals surface area contributed by atoms with Crippen LogP contribution < -0.4 is 0 Å². The summed E-state index contributed by atoms with van der Waals surface area (Å²) in [7, 11) is 0.253. The molecule has 0 amide bonds. The van der Waals surface area contributed by atoms with Crippen molar-refractivity contribution in [2.75, 3.05) is 13.7 Å². The second kappa shape index (κ2) is 5.92. The summed E-state index contributed by atoms with van der Waals surface area (Å²) < 4.78 is 11.5. The van der Waals surface area contributed by atoms with Crippen LogP contribution in [-0.2, 0) is 16.2 Å². The van der Waals surface area contributed by atoms with E-state index in [0.29, 0.717) is 13.3 Å². The van der Waals surface area contributed by atoms with Crippen LogP contribution in [0.5, 0.6) is 0 Å². The van der Waals surface area contributed by atoms with Gasteiger partial charge in [-0.05, 0) is 6.04 Å². The van der Waals surface area contributed by atoms with Gasteiger partial charge in [0.25, 0.3) is 0 Å². The van der Waals surface area contributed by atoms with Gasteiger partial charge in [-0.25, -0.2) is 9.48 Å². The molecule has 1 heterocycles. The number of aromatic nitrogens is 3. The monoisotopic (exact) mass is 257 g/mol. The Morgan fingerprint density at radius 2 is 2.18 bits per heavy atom. The lowest BCUT2D eigenvalue weighted by Crippen LogP contribution is -2.22. The van der Waals surface area contributed by atoms with Gasteiger partial charge in [-0.3, -0.25) is 0 Å². The van der Waals surface area contributed by atoms with E-state index in [1.807, 2.05) is 0 Å². The lowest BCUT2D eigenvalue weighted by atomic mass is 10.5. The Bertz CT molecular complexity index is 373. The third-order valence-electron chi connectivity index (χ3n) is 2.15. The van der Waals surface area contributed by atoms with Crippen LogP contribution in [0.15, 0.2) is 6.20 Å². The standard InChI is InChI=1S/C10H19N3O3Si/c1-15-10(14)9-7-13(12-11-9)8-16-5-6-17(2,3)4/h7H,5-6,8H2,1-4H3. The lowest BCUT2D eigenvalue weighted by Gasteiger charge is -2.15. The number of hydrogen-bond acceptors (Lipinski definition) is 5. The van der Waals surface area contributed by atoms with Crippen molar-refractivity contribution in [2.24, 2.45) is 0 Å². The van der Waals surface area contributed by atoms with Gasteiger partial charge in [0, 0.05) is 14.7 Å². The highest BCUT2D eigenvalue weighted by atomic mass is 28.3. The zero-order valence-corrected chi connectivity index (χ0v) is 11.8. The van der Waals surface area contributed by atoms with Gasteiger partial charge in [0.2, 0.25) is 0 Å². The summed E-state index contributed by atoms with van der Waals surface area (Å²) >= 11 is 0. The van der Waals surface area contributed by atoms with Crippen LogP contribution in [-0.4, -0.2) is 42.8 Å². The second-order valence-corrected chi connectivity index (χ2v) is 10.6. The van der Waals surface area contributed by atoms with Crippen molar-refractivity contribution in [3.8, 4) is 0 Å². The molecule has 0 aromatic carbocycles. The number of methoxy groups -OCH3 is 1. The maximum atomic E-state index is 11.1. The van der Waals surface area contributed by atoms with E-state index in [-0.39, 0.29) is 5.69 Å². The van der Waals surface area contributed by atoms with E-state index in [4.69, 9.17) is 4.74 Å². The fraction of sp³-hybridized carbons (Fsp3) is 0.700. The molecule has 1 aromatic heterocycles. The summed E-state index contributed by atoms with van der Waals surface area (Å²) in [5.74, 6) is -0.488. The van der Waals surface area contributed by atoms with Crippen molar-refractivity contribution < 1.29 is 14.3 Å². The van der Waals surface area contributed by atoms with Gasteiger partial charge in [-0.2, -0.15) is 0 Å². The normalized spacial score (nSPS) is 11.5. The Balaban J connectivity index is 2.33. The first-order chi connectivity index (χ1) is 7.92. The van der Waals surface area contributed by atoms with Crippen molar-refractivity contribution in [1.82, 2.24) is 15.0 Å². The number of nitrogens with zero attached hydrogens (tertiary/aromatic N) is 3. The van der Waals surface area contributed by atoms with Crippen LogP contribution >= 0.6 is 0 Å². The van der Waals surface area contributed by atoms with E-state index >= 15 is 0 Å². The van der Waals surface area contributed by atoms with E-state index in [1.165, 1.54) is 18.0 Å². The minimum absolute atomic E-state index is 0.196. The quantitative estimate of drug-likeness (QED) is 0.437. The minimum Gasteiger partial charge on any atom is -0.464 e. The van der Waals surface area contributed by atoms with Crippen molar-refractivity contribution in [3.63, 3.8) is 0 Å². The number of carbonyl (C=O) groups excluding carboxylic acids is 1. The summed E-state index contributed by atoms with van der Waals surface area (Å²) in [6, 6.07) is 1.10. The summed E-state index contributed by atoms with van der Waals surface area (Å²) in [4.78, 5) is 11.1. The molecule has 0 saturated heterocycles. The van der Waals surface area contributed by atoms with Gasteiger partial charge in [-0.1, -0.05) is 24.9 Å². The van der Waals surface area contributed by atoms with Crippen LogP contribution in [0.3, 0.4) is 0 Å². The highest BCUT2D eigenvalue weighted by Gasteiger charge is 2.13. The van der Waals surface area contributed by atoms with Gasteiger partial charge in [0.1, 0.15) is 6.73 Å². The number of rotatable bonds is 6. The van der Waals surface area contributed by atoms with Crippen molar-refractivity contribution in [3.05, 3.63) is 11.9 Å². The molecule has 0 bridgehead atoms. The first kappa shape index (κ1) is 13.9. The van der Waals surface area contributed by atoms with E-state index in [0.717, 1.165) is 6.04 Å². The zero-order chi connectivity index (χ0) is 12.9. The van der Waals surface area contributed by atoms with Crippen molar-refractivity contribution >= 4 is 14.0 Å². The summed E-state index contributed by atoms with van der Waals surface area (Å²) in [5, 5.41) is 7.45. The van der Waals surface area contributed by atoms with Gasteiger partial charge in [0.15, 0.2) is 5.69 Å². The first-order valence-corrected chi connectivity index (χ1v) is 9.19. The highest BCUT2D eigenvalue weighted by molar-refractivity contribution is 6.76. The molecule has 7 heteroatoms.